The molecule has 0 radical (unpaired) electrons. The molecule has 1 fully saturated rings. The zero-order valence-electron chi connectivity index (χ0n) is 17.6. The second kappa shape index (κ2) is 9.61. The van der Waals surface area contributed by atoms with Crippen molar-refractivity contribution in [2.45, 2.75) is 35.5 Å². The van der Waals surface area contributed by atoms with Crippen LogP contribution in [0.3, 0.4) is 0 Å². The van der Waals surface area contributed by atoms with E-state index in [4.69, 9.17) is 11.6 Å². The van der Waals surface area contributed by atoms with Crippen LogP contribution in [0.1, 0.15) is 25.0 Å². The number of carbonyl (C=O) groups is 1. The van der Waals surface area contributed by atoms with Gasteiger partial charge in [0.1, 0.15) is 0 Å². The number of carbonyl (C=O) groups excluding carboxylic acids is 1. The van der Waals surface area contributed by atoms with Crippen LogP contribution in [-0.4, -0.2) is 49.7 Å². The molecule has 0 N–H and O–H groups in total. The Morgan fingerprint density at radius 3 is 2.39 bits per heavy atom. The summed E-state index contributed by atoms with van der Waals surface area (Å²) in [7, 11) is -3.84. The van der Waals surface area contributed by atoms with Gasteiger partial charge in [-0.15, -0.1) is 0 Å². The summed E-state index contributed by atoms with van der Waals surface area (Å²) in [5.41, 5.74) is 1.25. The lowest BCUT2D eigenvalue weighted by Gasteiger charge is -2.35. The van der Waals surface area contributed by atoms with Crippen LogP contribution in [0.4, 0.5) is 0 Å². The first kappa shape index (κ1) is 23.6. The molecule has 1 saturated heterocycles. The maximum absolute atomic E-state index is 13.5. The van der Waals surface area contributed by atoms with Crippen molar-refractivity contribution in [3.8, 4) is 6.07 Å². The van der Waals surface area contributed by atoms with Crippen LogP contribution in [0.15, 0.2) is 51.1 Å². The largest absolute Gasteiger partial charge is 0.340 e. The average Bonchev–Trinajstić information content (AvgIpc) is 2.72. The van der Waals surface area contributed by atoms with E-state index in [0.717, 1.165) is 10.5 Å². The van der Waals surface area contributed by atoms with Crippen LogP contribution in [0.5, 0.6) is 0 Å². The molecule has 1 heterocycles. The number of hydrogen-bond acceptors (Lipinski definition) is 5. The van der Waals surface area contributed by atoms with Gasteiger partial charge in [0.2, 0.25) is 15.9 Å². The van der Waals surface area contributed by atoms with Gasteiger partial charge in [0.15, 0.2) is 0 Å². The molecule has 2 aromatic carbocycles. The number of sulfonamides is 1. The van der Waals surface area contributed by atoms with Crippen molar-refractivity contribution in [2.24, 2.45) is 5.92 Å². The van der Waals surface area contributed by atoms with E-state index in [1.54, 1.807) is 23.1 Å². The number of nitriles is 1. The van der Waals surface area contributed by atoms with Gasteiger partial charge in [-0.1, -0.05) is 37.2 Å². The molecule has 1 aliphatic heterocycles. The number of amides is 1. The Hall–Kier alpha value is -2.05. The van der Waals surface area contributed by atoms with Gasteiger partial charge >= 0.3 is 0 Å². The fourth-order valence-electron chi connectivity index (χ4n) is 3.41. The molecule has 2 aromatic rings. The van der Waals surface area contributed by atoms with E-state index in [1.165, 1.54) is 22.1 Å². The number of hydrogen-bond donors (Lipinski definition) is 0. The van der Waals surface area contributed by atoms with E-state index < -0.39 is 10.0 Å². The van der Waals surface area contributed by atoms with E-state index in [1.807, 2.05) is 39.0 Å². The highest BCUT2D eigenvalue weighted by molar-refractivity contribution is 8.00. The molecule has 0 aromatic heterocycles. The van der Waals surface area contributed by atoms with Crippen LogP contribution < -0.4 is 0 Å². The van der Waals surface area contributed by atoms with Crippen LogP contribution in [0.25, 0.3) is 0 Å². The first-order valence-corrected chi connectivity index (χ1v) is 12.5. The molecule has 1 aliphatic rings. The number of nitrogens with zero attached hydrogens (tertiary/aromatic N) is 3. The van der Waals surface area contributed by atoms with E-state index >= 15 is 0 Å². The normalized spacial score (nSPS) is 15.2. The van der Waals surface area contributed by atoms with Crippen LogP contribution in [0.2, 0.25) is 5.02 Å². The zero-order valence-corrected chi connectivity index (χ0v) is 20.0. The maximum Gasteiger partial charge on any atom is 0.244 e. The summed E-state index contributed by atoms with van der Waals surface area (Å²) >= 11 is 7.46. The fraction of sp³-hybridized carbons (Fsp3) is 0.364. The first-order valence-electron chi connectivity index (χ1n) is 9.90. The third-order valence-electron chi connectivity index (χ3n) is 4.98. The van der Waals surface area contributed by atoms with Crippen molar-refractivity contribution in [1.29, 1.82) is 5.26 Å². The number of aryl methyl sites for hydroxylation is 1. The van der Waals surface area contributed by atoms with Crippen LogP contribution in [-0.2, 0) is 14.8 Å². The fourth-order valence-corrected chi connectivity index (χ4v) is 6.70. The molecule has 164 valence electrons. The minimum Gasteiger partial charge on any atom is -0.340 e. The summed E-state index contributed by atoms with van der Waals surface area (Å²) in [6.07, 6.45) is 0. The van der Waals surface area contributed by atoms with E-state index in [9.17, 15) is 18.5 Å². The first-order chi connectivity index (χ1) is 14.6. The molecule has 0 bridgehead atoms. The van der Waals surface area contributed by atoms with E-state index in [0.29, 0.717) is 23.0 Å². The highest BCUT2D eigenvalue weighted by atomic mass is 35.5. The average molecular weight is 478 g/mol. The van der Waals surface area contributed by atoms with Gasteiger partial charge in [-0.2, -0.15) is 9.57 Å². The van der Waals surface area contributed by atoms with Crippen LogP contribution in [0, 0.1) is 24.2 Å². The summed E-state index contributed by atoms with van der Waals surface area (Å²) in [4.78, 5) is 15.4. The monoisotopic (exact) mass is 477 g/mol. The van der Waals surface area contributed by atoms with Crippen LogP contribution >= 0.6 is 23.4 Å². The van der Waals surface area contributed by atoms with Crippen molar-refractivity contribution in [1.82, 2.24) is 9.21 Å². The molecule has 6 nitrogen and oxygen atoms in total. The molecule has 1 amide bonds. The highest BCUT2D eigenvalue weighted by Gasteiger charge is 2.32. The van der Waals surface area contributed by atoms with Gasteiger partial charge in [-0.05, 0) is 48.9 Å². The molecule has 31 heavy (non-hydrogen) atoms. The molecule has 0 aliphatic carbocycles. The summed E-state index contributed by atoms with van der Waals surface area (Å²) in [5, 5.41) is 9.89. The lowest BCUT2D eigenvalue weighted by Crippen LogP contribution is -2.51. The Labute approximate surface area is 192 Å². The maximum atomic E-state index is 13.5. The zero-order chi connectivity index (χ0) is 22.8. The van der Waals surface area contributed by atoms with Gasteiger partial charge in [0.25, 0.3) is 0 Å². The number of benzene rings is 2. The molecular weight excluding hydrogens is 454 g/mol. The highest BCUT2D eigenvalue weighted by Crippen LogP contribution is 2.36. The van der Waals surface area contributed by atoms with E-state index in [2.05, 4.69) is 0 Å². The lowest BCUT2D eigenvalue weighted by atomic mass is 10.2. The van der Waals surface area contributed by atoms with Gasteiger partial charge in [-0.25, -0.2) is 8.42 Å². The molecule has 0 atom stereocenters. The van der Waals surface area contributed by atoms with Crippen molar-refractivity contribution in [3.63, 3.8) is 0 Å². The van der Waals surface area contributed by atoms with Gasteiger partial charge in [-0.3, -0.25) is 4.79 Å². The van der Waals surface area contributed by atoms with E-state index in [-0.39, 0.29) is 35.4 Å². The number of rotatable bonds is 5. The Morgan fingerprint density at radius 2 is 1.81 bits per heavy atom. The van der Waals surface area contributed by atoms with Crippen molar-refractivity contribution < 1.29 is 13.2 Å². The summed E-state index contributed by atoms with van der Waals surface area (Å²) in [6.45, 7) is 6.73. The lowest BCUT2D eigenvalue weighted by molar-refractivity contribution is -0.135. The predicted molar refractivity (Wildman–Crippen MR) is 122 cm³/mol. The Balaban J connectivity index is 1.91. The molecule has 3 rings (SSSR count). The third-order valence-corrected chi connectivity index (χ3v) is 8.31. The standard InChI is InChI=1S/C22H24ClN3O3S2/c1-15(2)22(27)25-6-8-26(9-7-25)31(28,29)21-12-17(14-24)4-5-20(21)30-19-11-16(3)10-18(23)13-19/h4-5,10-13,15H,6-9H2,1-3H3. The second-order valence-electron chi connectivity index (χ2n) is 7.72. The van der Waals surface area contributed by atoms with Gasteiger partial charge in [0, 0.05) is 46.9 Å². The smallest absolute Gasteiger partial charge is 0.244 e. The SMILES string of the molecule is Cc1cc(Cl)cc(Sc2ccc(C#N)cc2S(=O)(=O)N2CCN(C(=O)C(C)C)CC2)c1. The molecular formula is C22H24ClN3O3S2. The van der Waals surface area contributed by atoms with Crippen molar-refractivity contribution in [2.75, 3.05) is 26.2 Å². The molecule has 0 spiro atoms. The quantitative estimate of drug-likeness (QED) is 0.645. The minimum atomic E-state index is -3.84. The molecule has 9 heteroatoms. The summed E-state index contributed by atoms with van der Waals surface area (Å²) in [5.74, 6) is -0.101. The van der Waals surface area contributed by atoms with Crippen molar-refractivity contribution >= 4 is 39.3 Å². The minimum absolute atomic E-state index is 0.0242. The Kier molecular flexibility index (Phi) is 7.32. The number of piperazine rings is 1. The Morgan fingerprint density at radius 1 is 1.13 bits per heavy atom. The van der Waals surface area contributed by atoms with Crippen molar-refractivity contribution in [3.05, 3.63) is 52.5 Å². The number of halogens is 1. The van der Waals surface area contributed by atoms with Gasteiger partial charge < -0.3 is 4.90 Å². The predicted octanol–water partition coefficient (Wildman–Crippen LogP) is 4.16. The topological polar surface area (TPSA) is 81.5 Å². The Bertz CT molecular complexity index is 1110. The summed E-state index contributed by atoms with van der Waals surface area (Å²) < 4.78 is 28.4. The molecule has 0 saturated carbocycles. The summed E-state index contributed by atoms with van der Waals surface area (Å²) in [6, 6.07) is 12.3. The second-order valence-corrected chi connectivity index (χ2v) is 11.2. The van der Waals surface area contributed by atoms with Gasteiger partial charge in [0.05, 0.1) is 16.5 Å². The molecule has 0 unspecified atom stereocenters. The third kappa shape index (κ3) is 5.42.